The number of fused-ring (bicyclic) bond motifs is 1. The number of benzene rings is 2. The lowest BCUT2D eigenvalue weighted by Crippen LogP contribution is -2.68. The van der Waals surface area contributed by atoms with Crippen molar-refractivity contribution in [2.75, 3.05) is 6.26 Å². The SMILES string of the molecule is C[S+]1C=Cc2ccccc2C1c1ccc(Cl)cc1.[O-][Cl+3]([O-])([O-])[O-]. The molecule has 1 aliphatic rings. The van der Waals surface area contributed by atoms with Crippen molar-refractivity contribution in [3.05, 3.63) is 75.7 Å². The van der Waals surface area contributed by atoms with Crippen LogP contribution in [0, 0.1) is 10.2 Å². The highest BCUT2D eigenvalue weighted by atomic mass is 35.7. The van der Waals surface area contributed by atoms with E-state index in [9.17, 15) is 0 Å². The standard InChI is InChI=1S/C16H14ClS.ClHO4/c1-18-11-10-12-4-2-3-5-15(12)16(18)13-6-8-14(17)9-7-13;2-1(3,4)5/h2-11,16H,1H3;(H,2,3,4,5)/q+1;/p-1. The molecule has 2 aromatic carbocycles. The molecule has 1 aliphatic heterocycles. The molecular weight excluding hydrogens is 359 g/mol. The van der Waals surface area contributed by atoms with Crippen molar-refractivity contribution in [1.82, 2.24) is 0 Å². The fraction of sp³-hybridized carbons (Fsp3) is 0.125. The Morgan fingerprint density at radius 1 is 0.957 bits per heavy atom. The Morgan fingerprint density at radius 2 is 1.52 bits per heavy atom. The summed E-state index contributed by atoms with van der Waals surface area (Å²) in [7, 11) is -4.72. The molecule has 0 amide bonds. The molecule has 122 valence electrons. The van der Waals surface area contributed by atoms with Crippen LogP contribution >= 0.6 is 11.6 Å². The van der Waals surface area contributed by atoms with Crippen molar-refractivity contribution in [3.63, 3.8) is 0 Å². The van der Waals surface area contributed by atoms with Gasteiger partial charge in [-0.2, -0.15) is 0 Å². The number of halogens is 2. The second kappa shape index (κ2) is 7.68. The van der Waals surface area contributed by atoms with Crippen molar-refractivity contribution in [2.45, 2.75) is 5.25 Å². The topological polar surface area (TPSA) is 92.2 Å². The maximum Gasteiger partial charge on any atom is 0.173 e. The number of rotatable bonds is 1. The minimum atomic E-state index is -4.94. The Labute approximate surface area is 144 Å². The van der Waals surface area contributed by atoms with Gasteiger partial charge in [-0.1, -0.05) is 48.0 Å². The maximum atomic E-state index is 8.49. The quantitative estimate of drug-likeness (QED) is 0.653. The van der Waals surface area contributed by atoms with Crippen LogP contribution in [0.5, 0.6) is 0 Å². The van der Waals surface area contributed by atoms with Gasteiger partial charge in [0.1, 0.15) is 11.7 Å². The molecular formula is C16H14Cl2O4S. The minimum absolute atomic E-state index is 0.229. The molecule has 0 N–H and O–H groups in total. The van der Waals surface area contributed by atoms with E-state index in [2.05, 4.69) is 54.1 Å². The summed E-state index contributed by atoms with van der Waals surface area (Å²) in [5.74, 6) is 0. The summed E-state index contributed by atoms with van der Waals surface area (Å²) in [5.41, 5.74) is 4.11. The first-order chi connectivity index (χ1) is 10.8. The number of hydrogen-bond donors (Lipinski definition) is 0. The molecule has 0 aromatic heterocycles. The first-order valence-electron chi connectivity index (χ1n) is 6.53. The van der Waals surface area contributed by atoms with E-state index < -0.39 is 10.2 Å². The van der Waals surface area contributed by atoms with Crippen LogP contribution in [0.1, 0.15) is 21.9 Å². The van der Waals surface area contributed by atoms with E-state index in [0.717, 1.165) is 5.02 Å². The summed E-state index contributed by atoms with van der Waals surface area (Å²) < 4.78 is 34.0. The van der Waals surface area contributed by atoms with E-state index in [4.69, 9.17) is 30.2 Å². The maximum absolute atomic E-state index is 8.49. The van der Waals surface area contributed by atoms with E-state index in [1.807, 2.05) is 12.1 Å². The lowest BCUT2D eigenvalue weighted by molar-refractivity contribution is -2.00. The van der Waals surface area contributed by atoms with Gasteiger partial charge in [-0.3, -0.25) is 0 Å². The van der Waals surface area contributed by atoms with Crippen molar-refractivity contribution >= 4 is 28.6 Å². The van der Waals surface area contributed by atoms with Gasteiger partial charge in [0, 0.05) is 27.0 Å². The third-order valence-electron chi connectivity index (χ3n) is 3.29. The molecule has 4 nitrogen and oxygen atoms in total. The van der Waals surface area contributed by atoms with E-state index in [1.54, 1.807) is 0 Å². The average Bonchev–Trinajstić information content (AvgIpc) is 2.47. The third kappa shape index (κ3) is 5.51. The zero-order valence-corrected chi connectivity index (χ0v) is 14.5. The van der Waals surface area contributed by atoms with Crippen LogP contribution < -0.4 is 18.6 Å². The summed E-state index contributed by atoms with van der Waals surface area (Å²) in [6, 6.07) is 16.9. The van der Waals surface area contributed by atoms with Crippen LogP contribution in [0.3, 0.4) is 0 Å². The highest BCUT2D eigenvalue weighted by molar-refractivity contribution is 7.99. The zero-order valence-electron chi connectivity index (χ0n) is 12.1. The Kier molecular flexibility index (Phi) is 6.11. The molecule has 0 saturated carbocycles. The summed E-state index contributed by atoms with van der Waals surface area (Å²) >= 11 is 5.98. The minimum Gasteiger partial charge on any atom is -0.222 e. The number of hydrogen-bond acceptors (Lipinski definition) is 4. The van der Waals surface area contributed by atoms with E-state index in [1.165, 1.54) is 16.7 Å². The van der Waals surface area contributed by atoms with Gasteiger partial charge >= 0.3 is 0 Å². The van der Waals surface area contributed by atoms with E-state index in [-0.39, 0.29) is 10.9 Å². The van der Waals surface area contributed by atoms with Gasteiger partial charge in [0.05, 0.1) is 0 Å². The first kappa shape index (κ1) is 18.3. The van der Waals surface area contributed by atoms with Gasteiger partial charge in [0.15, 0.2) is 5.25 Å². The van der Waals surface area contributed by atoms with Gasteiger partial charge in [-0.25, -0.2) is 18.6 Å². The lowest BCUT2D eigenvalue weighted by Gasteiger charge is -2.20. The molecule has 0 aliphatic carbocycles. The molecule has 3 rings (SSSR count). The van der Waals surface area contributed by atoms with Crippen LogP contribution in [0.25, 0.3) is 6.08 Å². The van der Waals surface area contributed by atoms with Gasteiger partial charge in [0.25, 0.3) is 0 Å². The second-order valence-corrected chi connectivity index (χ2v) is 8.00. The van der Waals surface area contributed by atoms with Gasteiger partial charge in [-0.15, -0.1) is 10.2 Å². The predicted octanol–water partition coefficient (Wildman–Crippen LogP) is -0.0942. The normalized spacial score (nSPS) is 19.6. The molecule has 2 atom stereocenters. The predicted molar refractivity (Wildman–Crippen MR) is 82.1 cm³/mol. The molecule has 0 radical (unpaired) electrons. The monoisotopic (exact) mass is 372 g/mol. The average molecular weight is 373 g/mol. The molecule has 0 fully saturated rings. The first-order valence-corrected chi connectivity index (χ1v) is 9.91. The van der Waals surface area contributed by atoms with Crippen LogP contribution in [0.4, 0.5) is 0 Å². The lowest BCUT2D eigenvalue weighted by atomic mass is 9.99. The molecule has 0 bridgehead atoms. The molecule has 0 saturated heterocycles. The Bertz CT molecular complexity index is 677. The Balaban J connectivity index is 0.000000338. The molecule has 2 aromatic rings. The van der Waals surface area contributed by atoms with E-state index >= 15 is 0 Å². The van der Waals surface area contributed by atoms with Crippen molar-refractivity contribution in [3.8, 4) is 0 Å². The van der Waals surface area contributed by atoms with Crippen LogP contribution in [0.15, 0.2) is 53.9 Å². The zero-order chi connectivity index (χ0) is 17.0. The summed E-state index contributed by atoms with van der Waals surface area (Å²) in [6.07, 6.45) is 4.54. The smallest absolute Gasteiger partial charge is 0.173 e. The van der Waals surface area contributed by atoms with Gasteiger partial charge < -0.3 is 0 Å². The van der Waals surface area contributed by atoms with Crippen LogP contribution in [0.2, 0.25) is 5.02 Å². The highest BCUT2D eigenvalue weighted by Gasteiger charge is 2.32. The van der Waals surface area contributed by atoms with Crippen LogP contribution in [-0.4, -0.2) is 6.26 Å². The Hall–Kier alpha value is -1.05. The van der Waals surface area contributed by atoms with Crippen molar-refractivity contribution < 1.29 is 28.9 Å². The van der Waals surface area contributed by atoms with Crippen molar-refractivity contribution in [2.24, 2.45) is 0 Å². The molecule has 7 heteroatoms. The molecule has 23 heavy (non-hydrogen) atoms. The fourth-order valence-electron chi connectivity index (χ4n) is 2.39. The summed E-state index contributed by atoms with van der Waals surface area (Å²) in [4.78, 5) is 0. The molecule has 0 spiro atoms. The van der Waals surface area contributed by atoms with Gasteiger partial charge in [-0.05, 0) is 23.8 Å². The second-order valence-electron chi connectivity index (χ2n) is 4.85. The van der Waals surface area contributed by atoms with Gasteiger partial charge in [0.2, 0.25) is 0 Å². The van der Waals surface area contributed by atoms with E-state index in [0.29, 0.717) is 5.25 Å². The van der Waals surface area contributed by atoms with Crippen LogP contribution in [-0.2, 0) is 10.9 Å². The third-order valence-corrected chi connectivity index (χ3v) is 5.37. The highest BCUT2D eigenvalue weighted by Crippen LogP contribution is 2.38. The largest absolute Gasteiger partial charge is 0.222 e. The molecule has 2 unspecified atom stereocenters. The summed E-state index contributed by atoms with van der Waals surface area (Å²) in [6.45, 7) is 0. The fourth-order valence-corrected chi connectivity index (χ4v) is 4.24. The Morgan fingerprint density at radius 3 is 2.13 bits per heavy atom. The molecule has 1 heterocycles. The summed E-state index contributed by atoms with van der Waals surface area (Å²) in [5, 5.41) is 3.58. The van der Waals surface area contributed by atoms with Crippen molar-refractivity contribution in [1.29, 1.82) is 0 Å².